The van der Waals surface area contributed by atoms with Gasteiger partial charge in [0.1, 0.15) is 0 Å². The van der Waals surface area contributed by atoms with Crippen molar-refractivity contribution in [2.24, 2.45) is 10.8 Å². The van der Waals surface area contributed by atoms with Gasteiger partial charge in [-0.1, -0.05) is 42.9 Å². The maximum Gasteiger partial charge on any atom is 0.180 e. The molecule has 1 fully saturated rings. The molecule has 2 atom stereocenters. The predicted octanol–water partition coefficient (Wildman–Crippen LogP) is 5.31. The molecule has 128 valence electrons. The lowest BCUT2D eigenvalue weighted by molar-refractivity contribution is 0.0968. The molecule has 0 aromatic carbocycles. The summed E-state index contributed by atoms with van der Waals surface area (Å²) in [6.07, 6.45) is 14.4. The highest BCUT2D eigenvalue weighted by molar-refractivity contribution is 7.96. The van der Waals surface area contributed by atoms with Crippen LogP contribution in [0.1, 0.15) is 85.0 Å². The van der Waals surface area contributed by atoms with Crippen molar-refractivity contribution in [3.8, 4) is 0 Å². The first-order valence-electron chi connectivity index (χ1n) is 9.48. The van der Waals surface area contributed by atoms with Crippen molar-refractivity contribution in [1.29, 1.82) is 0 Å². The van der Waals surface area contributed by atoms with Crippen LogP contribution in [0, 0.1) is 10.8 Å². The van der Waals surface area contributed by atoms with Gasteiger partial charge in [-0.3, -0.25) is 0 Å². The summed E-state index contributed by atoms with van der Waals surface area (Å²) in [5.74, 6) is 0. The van der Waals surface area contributed by atoms with E-state index in [4.69, 9.17) is 0 Å². The second-order valence-electron chi connectivity index (χ2n) is 9.08. The molecule has 0 bridgehead atoms. The molecule has 4 rings (SSSR count). The van der Waals surface area contributed by atoms with Crippen LogP contribution in [0.3, 0.4) is 0 Å². The lowest BCUT2D eigenvalue weighted by atomic mass is 9.37. The normalized spacial score (nSPS) is 37.3. The molecule has 0 aromatic heterocycles. The summed E-state index contributed by atoms with van der Waals surface area (Å²) in [6.45, 7) is 5.58. The third kappa shape index (κ3) is 1.73. The molecule has 0 spiro atoms. The lowest BCUT2D eigenvalue weighted by Crippen LogP contribution is -2.62. The molecule has 4 aliphatic carbocycles. The van der Waals surface area contributed by atoms with Gasteiger partial charge in [0.25, 0.3) is 0 Å². The van der Waals surface area contributed by atoms with Gasteiger partial charge in [-0.2, -0.15) is 0 Å². The molecular weight excluding hydrogens is 304 g/mol. The van der Waals surface area contributed by atoms with Gasteiger partial charge in [0.15, 0.2) is 9.84 Å². The van der Waals surface area contributed by atoms with E-state index in [9.17, 15) is 8.42 Å². The largest absolute Gasteiger partial charge is 0.223 e. The van der Waals surface area contributed by atoms with Gasteiger partial charge in [-0.25, -0.2) is 8.42 Å². The van der Waals surface area contributed by atoms with Crippen molar-refractivity contribution in [2.45, 2.75) is 89.7 Å². The van der Waals surface area contributed by atoms with Crippen LogP contribution in [0.25, 0.3) is 0 Å². The van der Waals surface area contributed by atoms with Gasteiger partial charge in [0, 0.05) is 10.8 Å². The Morgan fingerprint density at radius 2 is 1.48 bits per heavy atom. The van der Waals surface area contributed by atoms with E-state index in [-0.39, 0.29) is 10.8 Å². The molecule has 0 amide bonds. The fourth-order valence-electron chi connectivity index (χ4n) is 5.90. The van der Waals surface area contributed by atoms with E-state index in [2.05, 4.69) is 6.08 Å². The minimum absolute atomic E-state index is 0.0880. The Hall–Kier alpha value is -0.570. The van der Waals surface area contributed by atoms with Gasteiger partial charge in [-0.05, 0) is 59.3 Å². The second-order valence-corrected chi connectivity index (χ2v) is 11.8. The number of rotatable bonds is 1. The summed E-state index contributed by atoms with van der Waals surface area (Å²) >= 11 is 0. The van der Waals surface area contributed by atoms with Crippen LogP contribution in [0.5, 0.6) is 0 Å². The lowest BCUT2D eigenvalue weighted by Gasteiger charge is -2.68. The molecule has 0 radical (unpaired) electrons. The van der Waals surface area contributed by atoms with E-state index in [0.717, 1.165) is 17.7 Å². The first-order valence-corrected chi connectivity index (χ1v) is 11.0. The van der Waals surface area contributed by atoms with E-state index in [0.29, 0.717) is 0 Å². The third-order valence-electron chi connectivity index (χ3n) is 7.05. The van der Waals surface area contributed by atoms with Crippen molar-refractivity contribution < 1.29 is 8.42 Å². The van der Waals surface area contributed by atoms with Crippen LogP contribution in [-0.4, -0.2) is 13.2 Å². The minimum Gasteiger partial charge on any atom is -0.223 e. The van der Waals surface area contributed by atoms with Crippen molar-refractivity contribution in [1.82, 2.24) is 0 Å². The maximum atomic E-state index is 13.3. The van der Waals surface area contributed by atoms with Crippen molar-refractivity contribution >= 4 is 9.84 Å². The molecule has 1 saturated carbocycles. The van der Waals surface area contributed by atoms with E-state index in [1.807, 2.05) is 20.8 Å². The Morgan fingerprint density at radius 1 is 0.870 bits per heavy atom. The number of hydrogen-bond acceptors (Lipinski definition) is 2. The molecule has 0 aromatic rings. The average Bonchev–Trinajstić information content (AvgIpc) is 2.71. The van der Waals surface area contributed by atoms with Crippen LogP contribution < -0.4 is 0 Å². The Labute approximate surface area is 141 Å². The van der Waals surface area contributed by atoms with Crippen LogP contribution in [0.15, 0.2) is 22.1 Å². The van der Waals surface area contributed by atoms with Crippen LogP contribution in [0.2, 0.25) is 0 Å². The minimum atomic E-state index is -3.21. The molecule has 0 heterocycles. The molecule has 0 N–H and O–H groups in total. The molecule has 4 aliphatic rings. The summed E-state index contributed by atoms with van der Waals surface area (Å²) in [5.41, 5.74) is 3.26. The van der Waals surface area contributed by atoms with E-state index < -0.39 is 14.6 Å². The molecule has 23 heavy (non-hydrogen) atoms. The smallest absolute Gasteiger partial charge is 0.180 e. The van der Waals surface area contributed by atoms with Gasteiger partial charge in [0.2, 0.25) is 0 Å². The number of hydrogen-bond donors (Lipinski definition) is 0. The summed E-state index contributed by atoms with van der Waals surface area (Å²) < 4.78 is 25.8. The molecule has 0 saturated heterocycles. The molecule has 3 heteroatoms. The number of allylic oxidation sites excluding steroid dienone is 4. The van der Waals surface area contributed by atoms with Crippen LogP contribution in [-0.2, 0) is 9.84 Å². The van der Waals surface area contributed by atoms with Gasteiger partial charge in [0.05, 0.1) is 9.65 Å². The Kier molecular flexibility index (Phi) is 3.28. The average molecular weight is 335 g/mol. The molecule has 2 nitrogen and oxygen atoms in total. The van der Waals surface area contributed by atoms with Gasteiger partial charge < -0.3 is 0 Å². The van der Waals surface area contributed by atoms with Gasteiger partial charge >= 0.3 is 0 Å². The second kappa shape index (κ2) is 4.74. The SMILES string of the molecule is CC(C)(C)S(=O)(=O)C1=CC23CCCCCC12C1=C3CCCCC1. The standard InChI is InChI=1S/C20H30O2S/c1-18(2,3)23(21,22)17-14-19-12-8-5-9-13-20(17,19)16-11-7-4-6-10-15(16)19/h14H,4-13H2,1-3H3. The summed E-state index contributed by atoms with van der Waals surface area (Å²) in [5, 5.41) is 0. The van der Waals surface area contributed by atoms with Crippen molar-refractivity contribution in [3.63, 3.8) is 0 Å². The molecular formula is C20H30O2S. The Morgan fingerprint density at radius 3 is 2.17 bits per heavy atom. The maximum absolute atomic E-state index is 13.3. The van der Waals surface area contributed by atoms with E-state index >= 15 is 0 Å². The van der Waals surface area contributed by atoms with Crippen molar-refractivity contribution in [2.75, 3.05) is 0 Å². The predicted molar refractivity (Wildman–Crippen MR) is 94.8 cm³/mol. The van der Waals surface area contributed by atoms with Gasteiger partial charge in [-0.15, -0.1) is 0 Å². The topological polar surface area (TPSA) is 34.1 Å². The molecule has 2 unspecified atom stereocenters. The Bertz CT molecular complexity index is 704. The first kappa shape index (κ1) is 15.9. The van der Waals surface area contributed by atoms with E-state index in [1.165, 1.54) is 51.4 Å². The van der Waals surface area contributed by atoms with Crippen molar-refractivity contribution in [3.05, 3.63) is 22.1 Å². The highest BCUT2D eigenvalue weighted by atomic mass is 32.2. The van der Waals surface area contributed by atoms with Crippen LogP contribution in [0.4, 0.5) is 0 Å². The number of sulfone groups is 1. The molecule has 0 aliphatic heterocycles. The quantitative estimate of drug-likeness (QED) is 0.609. The monoisotopic (exact) mass is 334 g/mol. The van der Waals surface area contributed by atoms with E-state index in [1.54, 1.807) is 11.1 Å². The third-order valence-corrected chi connectivity index (χ3v) is 9.71. The zero-order valence-corrected chi connectivity index (χ0v) is 15.7. The van der Waals surface area contributed by atoms with Crippen LogP contribution >= 0.6 is 0 Å². The fourth-order valence-corrected chi connectivity index (χ4v) is 7.78. The zero-order valence-electron chi connectivity index (χ0n) is 14.9. The highest BCUT2D eigenvalue weighted by Crippen LogP contribution is 2.79. The first-order chi connectivity index (χ1) is 10.8. The Balaban J connectivity index is 1.86. The summed E-state index contributed by atoms with van der Waals surface area (Å²) in [4.78, 5) is 0.806. The summed E-state index contributed by atoms with van der Waals surface area (Å²) in [7, 11) is -3.21. The zero-order chi connectivity index (χ0) is 16.5. The fraction of sp³-hybridized carbons (Fsp3) is 0.800. The summed E-state index contributed by atoms with van der Waals surface area (Å²) in [6, 6.07) is 0. The highest BCUT2D eigenvalue weighted by Gasteiger charge is 2.72.